The predicted octanol–water partition coefficient (Wildman–Crippen LogP) is 2.72. The van der Waals surface area contributed by atoms with E-state index in [9.17, 15) is 13.2 Å². The van der Waals surface area contributed by atoms with Crippen molar-refractivity contribution < 1.29 is 13.2 Å². The molecule has 13 heavy (non-hydrogen) atoms. The van der Waals surface area contributed by atoms with Crippen molar-refractivity contribution in [1.82, 2.24) is 5.32 Å². The average Bonchev–Trinajstić information content (AvgIpc) is 1.95. The quantitative estimate of drug-likeness (QED) is 0.714. The van der Waals surface area contributed by atoms with Crippen LogP contribution >= 0.6 is 0 Å². The van der Waals surface area contributed by atoms with Gasteiger partial charge in [-0.1, -0.05) is 20.8 Å². The van der Waals surface area contributed by atoms with Crippen molar-refractivity contribution in [2.45, 2.75) is 45.3 Å². The Kier molecular flexibility index (Phi) is 2.39. The van der Waals surface area contributed by atoms with E-state index in [-0.39, 0.29) is 6.42 Å². The van der Waals surface area contributed by atoms with Crippen LogP contribution in [0.2, 0.25) is 0 Å². The first kappa shape index (κ1) is 10.8. The van der Waals surface area contributed by atoms with Crippen LogP contribution < -0.4 is 5.32 Å². The van der Waals surface area contributed by atoms with E-state index in [4.69, 9.17) is 0 Å². The average molecular weight is 195 g/mol. The Morgan fingerprint density at radius 2 is 1.77 bits per heavy atom. The van der Waals surface area contributed by atoms with Crippen LogP contribution in [0, 0.1) is 5.41 Å². The molecule has 1 aliphatic rings. The maximum atomic E-state index is 12.8. The standard InChI is InChI=1S/C9H16F3N/c1-4-13-8(9(10,11)12)6-5-7(8,2)3/h13H,4-6H2,1-3H3. The highest BCUT2D eigenvalue weighted by atomic mass is 19.4. The van der Waals surface area contributed by atoms with Gasteiger partial charge in [0, 0.05) is 0 Å². The molecule has 1 nitrogen and oxygen atoms in total. The number of hydrogen-bond acceptors (Lipinski definition) is 1. The van der Waals surface area contributed by atoms with Crippen molar-refractivity contribution in [1.29, 1.82) is 0 Å². The Bertz CT molecular complexity index is 185. The molecule has 0 aliphatic heterocycles. The third kappa shape index (κ3) is 1.35. The third-order valence-corrected chi connectivity index (χ3v) is 3.24. The lowest BCUT2D eigenvalue weighted by Crippen LogP contribution is -2.71. The Balaban J connectivity index is 2.90. The normalized spacial score (nSPS) is 32.8. The second-order valence-electron chi connectivity index (χ2n) is 4.32. The maximum absolute atomic E-state index is 12.8. The third-order valence-electron chi connectivity index (χ3n) is 3.24. The Labute approximate surface area is 76.7 Å². The van der Waals surface area contributed by atoms with E-state index in [0.717, 1.165) is 0 Å². The van der Waals surface area contributed by atoms with Crippen molar-refractivity contribution in [3.05, 3.63) is 0 Å². The molecular formula is C9H16F3N. The smallest absolute Gasteiger partial charge is 0.303 e. The molecule has 0 saturated heterocycles. The number of alkyl halides is 3. The summed E-state index contributed by atoms with van der Waals surface area (Å²) < 4.78 is 38.3. The van der Waals surface area contributed by atoms with Gasteiger partial charge >= 0.3 is 6.18 Å². The number of nitrogens with one attached hydrogen (secondary N) is 1. The van der Waals surface area contributed by atoms with E-state index < -0.39 is 17.1 Å². The molecule has 0 heterocycles. The van der Waals surface area contributed by atoms with Crippen molar-refractivity contribution in [3.63, 3.8) is 0 Å². The molecule has 0 bridgehead atoms. The predicted molar refractivity (Wildman–Crippen MR) is 45.5 cm³/mol. The van der Waals surface area contributed by atoms with Gasteiger partial charge in [-0.05, 0) is 24.8 Å². The molecule has 1 unspecified atom stereocenters. The molecule has 1 N–H and O–H groups in total. The molecule has 0 radical (unpaired) electrons. The lowest BCUT2D eigenvalue weighted by Gasteiger charge is -2.57. The van der Waals surface area contributed by atoms with Crippen molar-refractivity contribution in [2.75, 3.05) is 6.54 Å². The minimum atomic E-state index is -4.13. The van der Waals surface area contributed by atoms with Crippen LogP contribution in [0.15, 0.2) is 0 Å². The highest BCUT2D eigenvalue weighted by Crippen LogP contribution is 2.57. The topological polar surface area (TPSA) is 12.0 Å². The molecule has 4 heteroatoms. The van der Waals surface area contributed by atoms with Gasteiger partial charge in [0.25, 0.3) is 0 Å². The van der Waals surface area contributed by atoms with Crippen LogP contribution in [0.1, 0.15) is 33.6 Å². The molecule has 1 atom stereocenters. The summed E-state index contributed by atoms with van der Waals surface area (Å²) in [7, 11) is 0. The molecule has 1 rings (SSSR count). The molecule has 1 aliphatic carbocycles. The second kappa shape index (κ2) is 2.87. The first-order valence-electron chi connectivity index (χ1n) is 4.58. The first-order valence-corrected chi connectivity index (χ1v) is 4.58. The minimum absolute atomic E-state index is 0.206. The summed E-state index contributed by atoms with van der Waals surface area (Å²) in [5, 5.41) is 2.60. The number of rotatable bonds is 2. The zero-order valence-electron chi connectivity index (χ0n) is 8.26. The highest BCUT2D eigenvalue weighted by Gasteiger charge is 2.67. The Morgan fingerprint density at radius 3 is 1.85 bits per heavy atom. The monoisotopic (exact) mass is 195 g/mol. The maximum Gasteiger partial charge on any atom is 0.407 e. The van der Waals surface area contributed by atoms with Gasteiger partial charge in [-0.25, -0.2) is 0 Å². The van der Waals surface area contributed by atoms with E-state index in [1.165, 1.54) is 0 Å². The van der Waals surface area contributed by atoms with Crippen molar-refractivity contribution in [3.8, 4) is 0 Å². The first-order chi connectivity index (χ1) is 5.77. The van der Waals surface area contributed by atoms with E-state index in [1.807, 2.05) is 0 Å². The van der Waals surface area contributed by atoms with Crippen LogP contribution in [0.3, 0.4) is 0 Å². The van der Waals surface area contributed by atoms with Crippen LogP contribution in [-0.4, -0.2) is 18.3 Å². The van der Waals surface area contributed by atoms with Gasteiger partial charge < -0.3 is 5.32 Å². The van der Waals surface area contributed by atoms with Crippen LogP contribution in [0.4, 0.5) is 13.2 Å². The zero-order valence-corrected chi connectivity index (χ0v) is 8.26. The molecule has 0 aromatic rings. The van der Waals surface area contributed by atoms with E-state index in [2.05, 4.69) is 5.32 Å². The lowest BCUT2D eigenvalue weighted by atomic mass is 9.56. The van der Waals surface area contributed by atoms with Gasteiger partial charge in [0.2, 0.25) is 0 Å². The molecule has 1 saturated carbocycles. The highest BCUT2D eigenvalue weighted by molar-refractivity contribution is 5.13. The number of halogens is 3. The largest absolute Gasteiger partial charge is 0.407 e. The molecule has 0 aromatic carbocycles. The fourth-order valence-corrected chi connectivity index (χ4v) is 2.13. The molecule has 78 valence electrons. The Hall–Kier alpha value is -0.250. The molecule has 0 amide bonds. The van der Waals surface area contributed by atoms with Gasteiger partial charge in [0.1, 0.15) is 5.54 Å². The van der Waals surface area contributed by atoms with Crippen LogP contribution in [-0.2, 0) is 0 Å². The summed E-state index contributed by atoms with van der Waals surface area (Å²) in [5.74, 6) is 0. The molecule has 0 aromatic heterocycles. The second-order valence-corrected chi connectivity index (χ2v) is 4.32. The molecular weight excluding hydrogens is 179 g/mol. The van der Waals surface area contributed by atoms with Gasteiger partial charge in [-0.2, -0.15) is 13.2 Å². The molecule has 0 spiro atoms. The number of hydrogen-bond donors (Lipinski definition) is 1. The summed E-state index contributed by atoms with van der Waals surface area (Å²) in [6.45, 7) is 5.42. The van der Waals surface area contributed by atoms with E-state index in [1.54, 1.807) is 20.8 Å². The summed E-state index contributed by atoms with van der Waals surface area (Å²) in [6.07, 6.45) is -3.29. The summed E-state index contributed by atoms with van der Waals surface area (Å²) in [6, 6.07) is 0. The Morgan fingerprint density at radius 1 is 1.23 bits per heavy atom. The van der Waals surface area contributed by atoms with E-state index >= 15 is 0 Å². The van der Waals surface area contributed by atoms with Crippen molar-refractivity contribution >= 4 is 0 Å². The SMILES string of the molecule is CCNC1(C(F)(F)F)CCC1(C)C. The van der Waals surface area contributed by atoms with Gasteiger partial charge in [-0.15, -0.1) is 0 Å². The van der Waals surface area contributed by atoms with Gasteiger partial charge in [-0.3, -0.25) is 0 Å². The fourth-order valence-electron chi connectivity index (χ4n) is 2.13. The van der Waals surface area contributed by atoms with E-state index in [0.29, 0.717) is 13.0 Å². The minimum Gasteiger partial charge on any atom is -0.303 e. The fraction of sp³-hybridized carbons (Fsp3) is 1.00. The lowest BCUT2D eigenvalue weighted by molar-refractivity contribution is -0.261. The van der Waals surface area contributed by atoms with Crippen LogP contribution in [0.5, 0.6) is 0 Å². The summed E-state index contributed by atoms with van der Waals surface area (Å²) in [4.78, 5) is 0. The van der Waals surface area contributed by atoms with Crippen molar-refractivity contribution in [2.24, 2.45) is 5.41 Å². The zero-order chi connectivity index (χ0) is 10.3. The summed E-state index contributed by atoms with van der Waals surface area (Å²) >= 11 is 0. The van der Waals surface area contributed by atoms with Gasteiger partial charge in [0.05, 0.1) is 0 Å². The van der Waals surface area contributed by atoms with Gasteiger partial charge in [0.15, 0.2) is 0 Å². The van der Waals surface area contributed by atoms with Crippen LogP contribution in [0.25, 0.3) is 0 Å². The molecule has 1 fully saturated rings. The summed E-state index contributed by atoms with van der Waals surface area (Å²) in [5.41, 5.74) is -2.31.